The van der Waals surface area contributed by atoms with E-state index in [-0.39, 0.29) is 12.5 Å². The Balaban J connectivity index is 3.79. The summed E-state index contributed by atoms with van der Waals surface area (Å²) in [6.45, 7) is 4.16. The molecule has 0 saturated heterocycles. The zero-order chi connectivity index (χ0) is 24.4. The molecule has 0 aliphatic carbocycles. The predicted molar refractivity (Wildman–Crippen MR) is 142 cm³/mol. The van der Waals surface area contributed by atoms with Gasteiger partial charge in [-0.2, -0.15) is 0 Å². The number of nitrogens with one attached hydrogen (secondary N) is 1. The van der Waals surface area contributed by atoms with Crippen LogP contribution in [0, 0.1) is 0 Å². The lowest BCUT2D eigenvalue weighted by Crippen LogP contribution is -2.45. The molecule has 4 heteroatoms. The van der Waals surface area contributed by atoms with Crippen molar-refractivity contribution in [3.05, 3.63) is 36.5 Å². The van der Waals surface area contributed by atoms with Crippen LogP contribution in [-0.2, 0) is 4.79 Å². The van der Waals surface area contributed by atoms with Crippen molar-refractivity contribution in [2.75, 3.05) is 6.61 Å². The van der Waals surface area contributed by atoms with E-state index < -0.39 is 12.1 Å². The summed E-state index contributed by atoms with van der Waals surface area (Å²) in [5.74, 6) is -0.0954. The molecule has 0 aliphatic rings. The lowest BCUT2D eigenvalue weighted by atomic mass is 10.1. The van der Waals surface area contributed by atoms with Crippen LogP contribution in [-0.4, -0.2) is 34.9 Å². The highest BCUT2D eigenvalue weighted by Gasteiger charge is 2.17. The van der Waals surface area contributed by atoms with E-state index in [2.05, 4.69) is 43.5 Å². The van der Waals surface area contributed by atoms with Crippen LogP contribution >= 0.6 is 0 Å². The number of hydrogen-bond donors (Lipinski definition) is 3. The molecule has 0 bridgehead atoms. The second kappa shape index (κ2) is 25.2. The molecule has 0 fully saturated rings. The summed E-state index contributed by atoms with van der Waals surface area (Å²) in [7, 11) is 0. The summed E-state index contributed by atoms with van der Waals surface area (Å²) < 4.78 is 0. The monoisotopic (exact) mass is 463 g/mol. The summed E-state index contributed by atoms with van der Waals surface area (Å²) >= 11 is 0. The van der Waals surface area contributed by atoms with Crippen molar-refractivity contribution in [1.82, 2.24) is 5.32 Å². The number of carbonyl (C=O) groups is 1. The Kier molecular flexibility index (Phi) is 24.2. The van der Waals surface area contributed by atoms with Gasteiger partial charge in [0, 0.05) is 6.42 Å². The van der Waals surface area contributed by atoms with E-state index >= 15 is 0 Å². The molecule has 33 heavy (non-hydrogen) atoms. The number of unbranched alkanes of at least 4 members (excludes halogenated alkanes) is 12. The third-order valence-electron chi connectivity index (χ3n) is 5.85. The van der Waals surface area contributed by atoms with Crippen LogP contribution in [0.3, 0.4) is 0 Å². The first kappa shape index (κ1) is 31.6. The standard InChI is InChI=1S/C29H53NO3/c1-3-5-7-9-10-11-12-13-14-15-16-17-18-19-21-22-24-28(32)27(26-31)30-29(33)25-23-20-8-6-4-2/h13-14,17-18,22,24,27-28,31-32H,3-12,15-16,19-21,23,25-26H2,1-2H3,(H,30,33)/b14-13+,18-17+,24-22+. The average molecular weight is 464 g/mol. The van der Waals surface area contributed by atoms with Crippen LogP contribution in [0.25, 0.3) is 0 Å². The second-order valence-corrected chi connectivity index (χ2v) is 9.09. The molecule has 0 aromatic carbocycles. The van der Waals surface area contributed by atoms with Crippen molar-refractivity contribution >= 4 is 5.91 Å². The van der Waals surface area contributed by atoms with Crippen LogP contribution in [0.5, 0.6) is 0 Å². The average Bonchev–Trinajstić information content (AvgIpc) is 2.82. The Morgan fingerprint density at radius 3 is 1.76 bits per heavy atom. The van der Waals surface area contributed by atoms with Crippen LogP contribution in [0.4, 0.5) is 0 Å². The van der Waals surface area contributed by atoms with Crippen LogP contribution in [0.2, 0.25) is 0 Å². The molecular formula is C29H53NO3. The number of carbonyl (C=O) groups excluding carboxylic acids is 1. The van der Waals surface area contributed by atoms with E-state index in [9.17, 15) is 15.0 Å². The highest BCUT2D eigenvalue weighted by Crippen LogP contribution is 2.08. The fraction of sp³-hybridized carbons (Fsp3) is 0.759. The van der Waals surface area contributed by atoms with Gasteiger partial charge in [0.05, 0.1) is 18.8 Å². The zero-order valence-electron chi connectivity index (χ0n) is 21.6. The van der Waals surface area contributed by atoms with Crippen LogP contribution in [0.1, 0.15) is 123 Å². The Morgan fingerprint density at radius 2 is 1.18 bits per heavy atom. The molecule has 0 heterocycles. The Morgan fingerprint density at radius 1 is 0.697 bits per heavy atom. The van der Waals surface area contributed by atoms with Gasteiger partial charge in [0.25, 0.3) is 0 Å². The fourth-order valence-corrected chi connectivity index (χ4v) is 3.68. The van der Waals surface area contributed by atoms with Crippen molar-refractivity contribution in [2.45, 2.75) is 135 Å². The number of hydrogen-bond acceptors (Lipinski definition) is 3. The first-order chi connectivity index (χ1) is 16.2. The van der Waals surface area contributed by atoms with Gasteiger partial charge in [-0.1, -0.05) is 108 Å². The summed E-state index contributed by atoms with van der Waals surface area (Å²) in [6.07, 6.45) is 30.9. The molecule has 0 saturated carbocycles. The maximum Gasteiger partial charge on any atom is 0.220 e. The van der Waals surface area contributed by atoms with E-state index in [1.807, 2.05) is 6.08 Å². The number of rotatable bonds is 23. The van der Waals surface area contributed by atoms with Crippen LogP contribution in [0.15, 0.2) is 36.5 Å². The Labute approximate surface area is 204 Å². The molecule has 0 aromatic heterocycles. The Bertz CT molecular complexity index is 513. The zero-order valence-corrected chi connectivity index (χ0v) is 21.6. The lowest BCUT2D eigenvalue weighted by molar-refractivity contribution is -0.123. The first-order valence-electron chi connectivity index (χ1n) is 13.7. The van der Waals surface area contributed by atoms with Gasteiger partial charge in [-0.25, -0.2) is 0 Å². The van der Waals surface area contributed by atoms with Gasteiger partial charge in [0.1, 0.15) is 0 Å². The maximum atomic E-state index is 12.0. The number of amides is 1. The highest BCUT2D eigenvalue weighted by molar-refractivity contribution is 5.76. The summed E-state index contributed by atoms with van der Waals surface area (Å²) in [5.41, 5.74) is 0. The SMILES string of the molecule is CCCCCCCC/C=C/CC/C=C/CC/C=C/C(O)C(CO)NC(=O)CCCCCCC. The molecule has 2 unspecified atom stereocenters. The van der Waals surface area contributed by atoms with Gasteiger partial charge in [-0.3, -0.25) is 4.79 Å². The molecule has 0 aliphatic heterocycles. The van der Waals surface area contributed by atoms with E-state index in [1.54, 1.807) is 6.08 Å². The molecule has 1 amide bonds. The smallest absolute Gasteiger partial charge is 0.220 e. The van der Waals surface area contributed by atoms with Crippen molar-refractivity contribution in [3.8, 4) is 0 Å². The fourth-order valence-electron chi connectivity index (χ4n) is 3.68. The van der Waals surface area contributed by atoms with Gasteiger partial charge in [-0.15, -0.1) is 0 Å². The van der Waals surface area contributed by atoms with Crippen molar-refractivity contribution in [1.29, 1.82) is 0 Å². The van der Waals surface area contributed by atoms with Gasteiger partial charge in [-0.05, 0) is 44.9 Å². The molecule has 0 spiro atoms. The molecule has 192 valence electrons. The van der Waals surface area contributed by atoms with Gasteiger partial charge in [0.2, 0.25) is 5.91 Å². The van der Waals surface area contributed by atoms with E-state index in [1.165, 1.54) is 57.8 Å². The topological polar surface area (TPSA) is 69.6 Å². The molecule has 0 rings (SSSR count). The third-order valence-corrected chi connectivity index (χ3v) is 5.85. The maximum absolute atomic E-state index is 12.0. The predicted octanol–water partition coefficient (Wildman–Crippen LogP) is 7.16. The van der Waals surface area contributed by atoms with E-state index in [0.717, 1.165) is 44.9 Å². The summed E-state index contributed by atoms with van der Waals surface area (Å²) in [6, 6.07) is -0.636. The minimum atomic E-state index is -0.861. The normalized spacial score (nSPS) is 13.9. The quantitative estimate of drug-likeness (QED) is 0.111. The molecule has 3 N–H and O–H groups in total. The second-order valence-electron chi connectivity index (χ2n) is 9.09. The van der Waals surface area contributed by atoms with Crippen molar-refractivity contribution < 1.29 is 15.0 Å². The first-order valence-corrected chi connectivity index (χ1v) is 13.7. The van der Waals surface area contributed by atoms with E-state index in [0.29, 0.717) is 6.42 Å². The lowest BCUT2D eigenvalue weighted by Gasteiger charge is -2.19. The largest absolute Gasteiger partial charge is 0.394 e. The van der Waals surface area contributed by atoms with Gasteiger partial charge in [0.15, 0.2) is 0 Å². The summed E-state index contributed by atoms with van der Waals surface area (Å²) in [5, 5.41) is 22.5. The molecule has 2 atom stereocenters. The highest BCUT2D eigenvalue weighted by atomic mass is 16.3. The Hall–Kier alpha value is -1.39. The third kappa shape index (κ3) is 22.2. The molecule has 4 nitrogen and oxygen atoms in total. The van der Waals surface area contributed by atoms with Gasteiger partial charge >= 0.3 is 0 Å². The summed E-state index contributed by atoms with van der Waals surface area (Å²) in [4.78, 5) is 12.0. The number of aliphatic hydroxyl groups is 2. The molecule has 0 radical (unpaired) electrons. The molecular weight excluding hydrogens is 410 g/mol. The molecule has 0 aromatic rings. The minimum absolute atomic E-state index is 0.0954. The number of allylic oxidation sites excluding steroid dienone is 5. The minimum Gasteiger partial charge on any atom is -0.394 e. The number of aliphatic hydroxyl groups excluding tert-OH is 2. The van der Waals surface area contributed by atoms with Crippen molar-refractivity contribution in [2.24, 2.45) is 0 Å². The van der Waals surface area contributed by atoms with Gasteiger partial charge < -0.3 is 15.5 Å². The van der Waals surface area contributed by atoms with Crippen LogP contribution < -0.4 is 5.32 Å². The van der Waals surface area contributed by atoms with E-state index in [4.69, 9.17) is 0 Å². The van der Waals surface area contributed by atoms with Crippen molar-refractivity contribution in [3.63, 3.8) is 0 Å².